The Labute approximate surface area is 178 Å². The Balaban J connectivity index is 0.000000469. The number of ether oxygens (including phenoxy) is 2. The summed E-state index contributed by atoms with van der Waals surface area (Å²) >= 11 is 0. The summed E-state index contributed by atoms with van der Waals surface area (Å²) in [5.74, 6) is -1.97. The first-order valence-electron chi connectivity index (χ1n) is 10.7. The summed E-state index contributed by atoms with van der Waals surface area (Å²) in [6.07, 6.45) is 7.12. The SMILES string of the molecule is CCOc1cc(CN2CCN(C3CCCCC3)CC2)ccc1OC.O=C(O)C(=O)O. The van der Waals surface area contributed by atoms with Gasteiger partial charge in [0.25, 0.3) is 0 Å². The Hall–Kier alpha value is -2.32. The van der Waals surface area contributed by atoms with Crippen molar-refractivity contribution in [2.45, 2.75) is 51.6 Å². The molecule has 0 atom stereocenters. The summed E-state index contributed by atoms with van der Waals surface area (Å²) in [5, 5.41) is 14.8. The first kappa shape index (κ1) is 24.0. The highest BCUT2D eigenvalue weighted by atomic mass is 16.5. The van der Waals surface area contributed by atoms with Gasteiger partial charge in [-0.1, -0.05) is 25.3 Å². The van der Waals surface area contributed by atoms with Crippen molar-refractivity contribution in [2.75, 3.05) is 39.9 Å². The lowest BCUT2D eigenvalue weighted by Gasteiger charge is -2.40. The monoisotopic (exact) mass is 422 g/mol. The van der Waals surface area contributed by atoms with Gasteiger partial charge in [0.1, 0.15) is 0 Å². The number of carboxylic acid groups (broad SMARTS) is 2. The van der Waals surface area contributed by atoms with Gasteiger partial charge in [0.15, 0.2) is 11.5 Å². The van der Waals surface area contributed by atoms with E-state index in [0.717, 1.165) is 24.1 Å². The summed E-state index contributed by atoms with van der Waals surface area (Å²) < 4.78 is 11.1. The number of benzene rings is 1. The first-order chi connectivity index (χ1) is 14.4. The van der Waals surface area contributed by atoms with E-state index in [-0.39, 0.29) is 0 Å². The molecule has 0 radical (unpaired) electrons. The number of aliphatic carboxylic acids is 2. The minimum atomic E-state index is -1.82. The van der Waals surface area contributed by atoms with Crippen LogP contribution in [0.5, 0.6) is 11.5 Å². The molecule has 1 aliphatic carbocycles. The highest BCUT2D eigenvalue weighted by molar-refractivity contribution is 6.27. The molecular formula is C22H34N2O6. The normalized spacial score (nSPS) is 18.2. The highest BCUT2D eigenvalue weighted by Crippen LogP contribution is 2.29. The molecule has 0 aromatic heterocycles. The van der Waals surface area contributed by atoms with Crippen LogP contribution in [0.4, 0.5) is 0 Å². The smallest absolute Gasteiger partial charge is 0.414 e. The Bertz CT molecular complexity index is 670. The molecule has 0 amide bonds. The van der Waals surface area contributed by atoms with Gasteiger partial charge in [-0.3, -0.25) is 9.80 Å². The van der Waals surface area contributed by atoms with Crippen molar-refractivity contribution in [3.63, 3.8) is 0 Å². The van der Waals surface area contributed by atoms with Gasteiger partial charge in [0, 0.05) is 38.8 Å². The molecule has 1 aromatic carbocycles. The van der Waals surface area contributed by atoms with Gasteiger partial charge in [-0.15, -0.1) is 0 Å². The molecule has 8 heteroatoms. The zero-order valence-corrected chi connectivity index (χ0v) is 18.0. The van der Waals surface area contributed by atoms with Gasteiger partial charge in [0.05, 0.1) is 13.7 Å². The van der Waals surface area contributed by atoms with Crippen molar-refractivity contribution >= 4 is 11.9 Å². The molecule has 1 aliphatic heterocycles. The number of carboxylic acids is 2. The lowest BCUT2D eigenvalue weighted by molar-refractivity contribution is -0.159. The highest BCUT2D eigenvalue weighted by Gasteiger charge is 2.25. The molecule has 2 fully saturated rings. The fraction of sp³-hybridized carbons (Fsp3) is 0.636. The van der Waals surface area contributed by atoms with E-state index in [2.05, 4.69) is 21.9 Å². The fourth-order valence-electron chi connectivity index (χ4n) is 4.08. The van der Waals surface area contributed by atoms with Crippen LogP contribution in [-0.4, -0.2) is 77.9 Å². The molecule has 1 saturated carbocycles. The van der Waals surface area contributed by atoms with E-state index in [0.29, 0.717) is 6.61 Å². The van der Waals surface area contributed by atoms with Crippen LogP contribution >= 0.6 is 0 Å². The molecule has 168 valence electrons. The van der Waals surface area contributed by atoms with Crippen molar-refractivity contribution in [1.82, 2.24) is 9.80 Å². The standard InChI is InChI=1S/C20H32N2O2.C2H2O4/c1-3-24-20-15-17(9-10-19(20)23-2)16-21-11-13-22(14-12-21)18-7-5-4-6-8-18;3-1(4)2(5)6/h9-10,15,18H,3-8,11-14,16H2,1-2H3;(H,3,4)(H,5,6). The van der Waals surface area contributed by atoms with Gasteiger partial charge < -0.3 is 19.7 Å². The van der Waals surface area contributed by atoms with Crippen LogP contribution in [0.15, 0.2) is 18.2 Å². The molecule has 1 heterocycles. The van der Waals surface area contributed by atoms with Crippen LogP contribution in [0.25, 0.3) is 0 Å². The third-order valence-corrected chi connectivity index (χ3v) is 5.61. The Morgan fingerprint density at radius 1 is 1.00 bits per heavy atom. The lowest BCUT2D eigenvalue weighted by atomic mass is 9.94. The van der Waals surface area contributed by atoms with Crippen LogP contribution in [-0.2, 0) is 16.1 Å². The number of nitrogens with zero attached hydrogens (tertiary/aromatic N) is 2. The summed E-state index contributed by atoms with van der Waals surface area (Å²) in [4.78, 5) is 23.5. The van der Waals surface area contributed by atoms with E-state index < -0.39 is 11.9 Å². The second-order valence-corrected chi connectivity index (χ2v) is 7.63. The van der Waals surface area contributed by atoms with Gasteiger partial charge in [-0.05, 0) is 37.5 Å². The van der Waals surface area contributed by atoms with E-state index in [1.54, 1.807) is 7.11 Å². The third kappa shape index (κ3) is 7.50. The second kappa shape index (κ2) is 12.4. The number of piperazine rings is 1. The predicted octanol–water partition coefficient (Wildman–Crippen LogP) is 2.70. The summed E-state index contributed by atoms with van der Waals surface area (Å²) in [6, 6.07) is 7.18. The van der Waals surface area contributed by atoms with Crippen molar-refractivity contribution in [1.29, 1.82) is 0 Å². The van der Waals surface area contributed by atoms with Crippen LogP contribution < -0.4 is 9.47 Å². The topological polar surface area (TPSA) is 99.5 Å². The molecular weight excluding hydrogens is 388 g/mol. The van der Waals surface area contributed by atoms with Crippen LogP contribution in [0, 0.1) is 0 Å². The van der Waals surface area contributed by atoms with Gasteiger partial charge in [-0.25, -0.2) is 9.59 Å². The van der Waals surface area contributed by atoms with Gasteiger partial charge in [0.2, 0.25) is 0 Å². The Kier molecular flexibility index (Phi) is 9.89. The van der Waals surface area contributed by atoms with Crippen LogP contribution in [0.2, 0.25) is 0 Å². The molecule has 2 aliphatic rings. The molecule has 1 aromatic rings. The Morgan fingerprint density at radius 2 is 1.63 bits per heavy atom. The van der Waals surface area contributed by atoms with E-state index >= 15 is 0 Å². The molecule has 8 nitrogen and oxygen atoms in total. The van der Waals surface area contributed by atoms with E-state index in [9.17, 15) is 0 Å². The minimum absolute atomic E-state index is 0.667. The second-order valence-electron chi connectivity index (χ2n) is 7.63. The number of hydrogen-bond acceptors (Lipinski definition) is 6. The Morgan fingerprint density at radius 3 is 2.17 bits per heavy atom. The quantitative estimate of drug-likeness (QED) is 0.675. The molecule has 0 unspecified atom stereocenters. The van der Waals surface area contributed by atoms with E-state index in [1.807, 2.05) is 13.0 Å². The average Bonchev–Trinajstić information content (AvgIpc) is 2.76. The molecule has 0 spiro atoms. The van der Waals surface area contributed by atoms with Crippen molar-refractivity contribution in [2.24, 2.45) is 0 Å². The molecule has 0 bridgehead atoms. The maximum Gasteiger partial charge on any atom is 0.414 e. The van der Waals surface area contributed by atoms with Crippen molar-refractivity contribution < 1.29 is 29.3 Å². The van der Waals surface area contributed by atoms with E-state index in [4.69, 9.17) is 29.3 Å². The average molecular weight is 423 g/mol. The van der Waals surface area contributed by atoms with Crippen LogP contribution in [0.3, 0.4) is 0 Å². The predicted molar refractivity (Wildman–Crippen MR) is 113 cm³/mol. The third-order valence-electron chi connectivity index (χ3n) is 5.61. The van der Waals surface area contributed by atoms with Crippen LogP contribution in [0.1, 0.15) is 44.6 Å². The van der Waals surface area contributed by atoms with Gasteiger partial charge in [-0.2, -0.15) is 0 Å². The van der Waals surface area contributed by atoms with Crippen molar-refractivity contribution in [3.05, 3.63) is 23.8 Å². The number of carbonyl (C=O) groups is 2. The van der Waals surface area contributed by atoms with Gasteiger partial charge >= 0.3 is 11.9 Å². The lowest BCUT2D eigenvalue weighted by Crippen LogP contribution is -2.50. The zero-order chi connectivity index (χ0) is 21.9. The van der Waals surface area contributed by atoms with Crippen molar-refractivity contribution in [3.8, 4) is 11.5 Å². The molecule has 30 heavy (non-hydrogen) atoms. The first-order valence-corrected chi connectivity index (χ1v) is 10.7. The summed E-state index contributed by atoms with van der Waals surface area (Å²) in [7, 11) is 1.70. The molecule has 1 saturated heterocycles. The summed E-state index contributed by atoms with van der Waals surface area (Å²) in [6.45, 7) is 8.47. The molecule has 2 N–H and O–H groups in total. The van der Waals surface area contributed by atoms with E-state index in [1.165, 1.54) is 63.8 Å². The molecule has 3 rings (SSSR count). The largest absolute Gasteiger partial charge is 0.493 e. The zero-order valence-electron chi connectivity index (χ0n) is 18.0. The fourth-order valence-corrected chi connectivity index (χ4v) is 4.08. The summed E-state index contributed by atoms with van der Waals surface area (Å²) in [5.41, 5.74) is 1.31. The number of methoxy groups -OCH3 is 1. The minimum Gasteiger partial charge on any atom is -0.493 e. The number of rotatable bonds is 6. The maximum atomic E-state index is 9.10. The maximum absolute atomic E-state index is 9.10. The number of hydrogen-bond donors (Lipinski definition) is 2.